The largest absolute Gasteiger partial charge is 0.481 e. The molecule has 0 aliphatic carbocycles. The SMILES string of the molecule is O=C(O)CC[C@@H](NC(=O)N[C@H](CCCCN(Cc1ccc(Br)nc1)C(=O)c1ccc(CNC(=O)CCCCNC(=O)CCC(C(=O)O)N(CCNCC(=O)O)CCN(CCNCC(=O)O)CC(=O)O)cc1)C(=O)O)C(=O)O. The molecule has 0 aliphatic heterocycles. The summed E-state index contributed by atoms with van der Waals surface area (Å²) in [5.74, 6) is -9.83. The molecular formula is C48H69BrN10O18. The quantitative estimate of drug-likeness (QED) is 0.0305. The first-order valence-corrected chi connectivity index (χ1v) is 25.4. The molecule has 1 aromatic heterocycles. The topological polar surface area (TPSA) is 424 Å². The van der Waals surface area contributed by atoms with Crippen LogP contribution in [0.1, 0.15) is 85.7 Å². The van der Waals surface area contributed by atoms with E-state index in [-0.39, 0.29) is 122 Å². The molecule has 3 atom stereocenters. The Morgan fingerprint density at radius 2 is 1.16 bits per heavy atom. The van der Waals surface area contributed by atoms with Crippen molar-refractivity contribution in [1.82, 2.24) is 51.6 Å². The lowest BCUT2D eigenvalue weighted by atomic mass is 10.1. The Labute approximate surface area is 451 Å². The molecule has 0 fully saturated rings. The summed E-state index contributed by atoms with van der Waals surface area (Å²) in [7, 11) is 0. The number of aromatic nitrogens is 1. The van der Waals surface area contributed by atoms with Gasteiger partial charge in [-0.05, 0) is 90.2 Å². The maximum absolute atomic E-state index is 13.8. The summed E-state index contributed by atoms with van der Waals surface area (Å²) in [6.07, 6.45) is 1.74. The molecule has 0 spiro atoms. The van der Waals surface area contributed by atoms with Crippen molar-refractivity contribution in [1.29, 1.82) is 0 Å². The molecule has 0 bridgehead atoms. The van der Waals surface area contributed by atoms with E-state index >= 15 is 0 Å². The van der Waals surface area contributed by atoms with Gasteiger partial charge >= 0.3 is 47.8 Å². The van der Waals surface area contributed by atoms with Crippen LogP contribution in [0.4, 0.5) is 4.79 Å². The summed E-state index contributed by atoms with van der Waals surface area (Å²) in [5, 5.41) is 80.4. The minimum absolute atomic E-state index is 0.0374. The van der Waals surface area contributed by atoms with Gasteiger partial charge in [-0.3, -0.25) is 48.2 Å². The predicted octanol–water partition coefficient (Wildman–Crippen LogP) is -0.0997. The number of nitrogens with zero attached hydrogens (tertiary/aromatic N) is 4. The van der Waals surface area contributed by atoms with Crippen LogP contribution in [0.25, 0.3) is 0 Å². The summed E-state index contributed by atoms with van der Waals surface area (Å²) >= 11 is 3.28. The Kier molecular flexibility index (Phi) is 31.3. The van der Waals surface area contributed by atoms with E-state index in [1.165, 1.54) is 9.80 Å². The van der Waals surface area contributed by atoms with Gasteiger partial charge in [0.15, 0.2) is 0 Å². The van der Waals surface area contributed by atoms with Crippen molar-refractivity contribution in [3.05, 3.63) is 63.9 Å². The summed E-state index contributed by atoms with van der Waals surface area (Å²) in [5.41, 5.74) is 1.72. The lowest BCUT2D eigenvalue weighted by molar-refractivity contribution is -0.145. The van der Waals surface area contributed by atoms with Crippen molar-refractivity contribution in [3.8, 4) is 0 Å². The van der Waals surface area contributed by atoms with E-state index in [4.69, 9.17) is 15.3 Å². The van der Waals surface area contributed by atoms with E-state index < -0.39 is 91.2 Å². The van der Waals surface area contributed by atoms with Crippen LogP contribution in [0.5, 0.6) is 0 Å². The molecule has 0 saturated heterocycles. The van der Waals surface area contributed by atoms with Crippen LogP contribution >= 0.6 is 15.9 Å². The van der Waals surface area contributed by atoms with Crippen molar-refractivity contribution in [2.24, 2.45) is 0 Å². The zero-order valence-electron chi connectivity index (χ0n) is 42.3. The Hall–Kier alpha value is -7.34. The summed E-state index contributed by atoms with van der Waals surface area (Å²) < 4.78 is 0.580. The highest BCUT2D eigenvalue weighted by molar-refractivity contribution is 9.10. The average molecular weight is 1150 g/mol. The highest BCUT2D eigenvalue weighted by atomic mass is 79.9. The number of pyridine rings is 1. The number of benzene rings is 1. The van der Waals surface area contributed by atoms with E-state index in [0.29, 0.717) is 40.6 Å². The van der Waals surface area contributed by atoms with Gasteiger partial charge in [0.1, 0.15) is 22.7 Å². The molecule has 1 aromatic carbocycles. The van der Waals surface area contributed by atoms with Crippen LogP contribution in [-0.4, -0.2) is 211 Å². The monoisotopic (exact) mass is 1150 g/mol. The highest BCUT2D eigenvalue weighted by Gasteiger charge is 2.28. The maximum atomic E-state index is 13.8. The Balaban J connectivity index is 1.90. The molecule has 5 amide bonds. The fraction of sp³-hybridized carbons (Fsp3) is 0.542. The number of aliphatic carboxylic acids is 7. The van der Waals surface area contributed by atoms with E-state index in [0.717, 1.165) is 0 Å². The second kappa shape index (κ2) is 36.6. The number of carbonyl (C=O) groups is 11. The van der Waals surface area contributed by atoms with Gasteiger partial charge in [0.05, 0.1) is 19.6 Å². The van der Waals surface area contributed by atoms with E-state index in [9.17, 15) is 73.2 Å². The third kappa shape index (κ3) is 29.5. The molecule has 1 unspecified atom stereocenters. The molecule has 0 radical (unpaired) electrons. The van der Waals surface area contributed by atoms with E-state index in [1.807, 2.05) is 0 Å². The number of nitrogens with one attached hydrogen (secondary N) is 6. The standard InChI is InChI=1S/C48H69BrN10O18/c49-37-14-9-32(26-53-37)29-59(20-4-2-5-34(45(71)72)55-48(77)56-35(46(73)74)12-16-40(62)63)44(70)33-10-7-31(8-11-33)25-54-38(60)6-1-3-17-52-39(61)15-13-36(47(75)76)58(22-19-51-28-42(66)67)24-23-57(30-43(68)69)21-18-50-27-41(64)65/h7-11,14,26,34-36,50-51H,1-6,12-13,15-25,27-30H2,(H,52,61)(H,54,60)(H,62,63)(H,64,65)(H,66,67)(H,68,69)(H,71,72)(H,73,74)(H,75,76)(H2,55,56,77)/t34-,35-,36?/m1/s1. The number of carboxylic acids is 7. The molecule has 1 heterocycles. The van der Waals surface area contributed by atoms with Crippen molar-refractivity contribution >= 4 is 81.5 Å². The average Bonchev–Trinajstić information content (AvgIpc) is 3.36. The molecule has 13 N–H and O–H groups in total. The van der Waals surface area contributed by atoms with Gasteiger partial charge in [0.25, 0.3) is 5.91 Å². The van der Waals surface area contributed by atoms with Gasteiger partial charge in [-0.15, -0.1) is 0 Å². The van der Waals surface area contributed by atoms with Crippen LogP contribution < -0.4 is 31.9 Å². The predicted molar refractivity (Wildman–Crippen MR) is 274 cm³/mol. The lowest BCUT2D eigenvalue weighted by Crippen LogP contribution is -2.51. The molecule has 2 rings (SSSR count). The van der Waals surface area contributed by atoms with Crippen LogP contribution in [0.15, 0.2) is 47.2 Å². The first-order valence-electron chi connectivity index (χ1n) is 24.6. The molecule has 28 nitrogen and oxygen atoms in total. The molecule has 77 heavy (non-hydrogen) atoms. The van der Waals surface area contributed by atoms with Crippen LogP contribution in [0.2, 0.25) is 0 Å². The first-order chi connectivity index (χ1) is 36.5. The second-order valence-electron chi connectivity index (χ2n) is 17.6. The van der Waals surface area contributed by atoms with Gasteiger partial charge < -0.3 is 72.5 Å². The van der Waals surface area contributed by atoms with Crippen molar-refractivity contribution < 1.29 is 88.5 Å². The molecule has 2 aromatic rings. The molecule has 0 saturated carbocycles. The number of hydrogen-bond acceptors (Lipinski definition) is 16. The summed E-state index contributed by atoms with van der Waals surface area (Å²) in [6, 6.07) is 4.77. The van der Waals surface area contributed by atoms with Crippen LogP contribution in [0, 0.1) is 0 Å². The van der Waals surface area contributed by atoms with Gasteiger partial charge in [-0.2, -0.15) is 0 Å². The van der Waals surface area contributed by atoms with Gasteiger partial charge in [0.2, 0.25) is 11.8 Å². The van der Waals surface area contributed by atoms with Gasteiger partial charge in [0, 0.05) is 96.5 Å². The van der Waals surface area contributed by atoms with Crippen LogP contribution in [0.3, 0.4) is 0 Å². The summed E-state index contributed by atoms with van der Waals surface area (Å²) in [6.45, 7) is 0.0685. The molecule has 0 aliphatic rings. The number of carboxylic acid groups (broad SMARTS) is 7. The van der Waals surface area contributed by atoms with Gasteiger partial charge in [-0.25, -0.2) is 19.4 Å². The number of hydrogen-bond donors (Lipinski definition) is 13. The van der Waals surface area contributed by atoms with Crippen molar-refractivity contribution in [2.45, 2.75) is 95.4 Å². The Morgan fingerprint density at radius 1 is 0.545 bits per heavy atom. The zero-order chi connectivity index (χ0) is 57.3. The Bertz CT molecular complexity index is 2280. The number of rotatable bonds is 42. The van der Waals surface area contributed by atoms with Crippen LogP contribution in [-0.2, 0) is 56.2 Å². The number of halogens is 1. The number of carbonyl (C=O) groups excluding carboxylic acids is 4. The Morgan fingerprint density at radius 3 is 1.73 bits per heavy atom. The van der Waals surface area contributed by atoms with Gasteiger partial charge in [-0.1, -0.05) is 18.2 Å². The third-order valence-corrected chi connectivity index (χ3v) is 12.0. The van der Waals surface area contributed by atoms with E-state index in [1.54, 1.807) is 47.5 Å². The minimum atomic E-state index is -1.56. The maximum Gasteiger partial charge on any atom is 0.326 e. The number of unbranched alkanes of at least 4 members (excludes halogenated alkanes) is 2. The lowest BCUT2D eigenvalue weighted by Gasteiger charge is -2.31. The normalized spacial score (nSPS) is 12.2. The molecular weight excluding hydrogens is 1080 g/mol. The number of urea groups is 1. The smallest absolute Gasteiger partial charge is 0.326 e. The van der Waals surface area contributed by atoms with Crippen molar-refractivity contribution in [3.63, 3.8) is 0 Å². The molecule has 426 valence electrons. The van der Waals surface area contributed by atoms with Crippen molar-refractivity contribution in [2.75, 3.05) is 72.0 Å². The highest BCUT2D eigenvalue weighted by Crippen LogP contribution is 2.16. The second-order valence-corrected chi connectivity index (χ2v) is 18.4. The summed E-state index contributed by atoms with van der Waals surface area (Å²) in [4.78, 5) is 141. The fourth-order valence-corrected chi connectivity index (χ4v) is 7.70. The molecule has 29 heteroatoms. The zero-order valence-corrected chi connectivity index (χ0v) is 43.9. The number of amides is 5. The third-order valence-electron chi connectivity index (χ3n) is 11.5. The van der Waals surface area contributed by atoms with E-state index in [2.05, 4.69) is 52.8 Å². The first kappa shape index (κ1) is 65.8. The fourth-order valence-electron chi connectivity index (χ4n) is 7.46. The minimum Gasteiger partial charge on any atom is -0.481 e.